The SMILES string of the molecule is CC(=O)N(C)N(N(C)C(C)=O)N(C)C(C)=O. The second-order valence-electron chi connectivity index (χ2n) is 3.40. The van der Waals surface area contributed by atoms with E-state index >= 15 is 0 Å². The Bertz CT molecular complexity index is 258. The van der Waals surface area contributed by atoms with Crippen molar-refractivity contribution in [1.29, 1.82) is 0 Å². The summed E-state index contributed by atoms with van der Waals surface area (Å²) >= 11 is 0. The van der Waals surface area contributed by atoms with Crippen molar-refractivity contribution in [3.05, 3.63) is 0 Å². The molecule has 92 valence electrons. The molecule has 0 aromatic heterocycles. The van der Waals surface area contributed by atoms with E-state index in [2.05, 4.69) is 0 Å². The Hall–Kier alpha value is -1.63. The Kier molecular flexibility index (Phi) is 4.90. The van der Waals surface area contributed by atoms with E-state index in [-0.39, 0.29) is 17.7 Å². The molecule has 0 aliphatic rings. The Labute approximate surface area is 95.1 Å². The molecular formula is C9H18N4O3. The zero-order valence-electron chi connectivity index (χ0n) is 10.5. The lowest BCUT2D eigenvalue weighted by Crippen LogP contribution is -2.61. The van der Waals surface area contributed by atoms with E-state index in [0.29, 0.717) is 0 Å². The van der Waals surface area contributed by atoms with Crippen molar-refractivity contribution < 1.29 is 14.4 Å². The molecule has 0 aliphatic carbocycles. The van der Waals surface area contributed by atoms with Gasteiger partial charge in [-0.25, -0.2) is 15.0 Å². The predicted octanol–water partition coefficient (Wildman–Crippen LogP) is -0.532. The van der Waals surface area contributed by atoms with Crippen LogP contribution in [0.25, 0.3) is 0 Å². The first-order valence-electron chi connectivity index (χ1n) is 4.72. The second kappa shape index (κ2) is 5.45. The fraction of sp³-hybridized carbons (Fsp3) is 0.667. The summed E-state index contributed by atoms with van der Waals surface area (Å²) in [6, 6.07) is 0. The predicted molar refractivity (Wildman–Crippen MR) is 57.2 cm³/mol. The molecule has 0 spiro atoms. The smallest absolute Gasteiger partial charge is 0.236 e. The Morgan fingerprint density at radius 2 is 0.812 bits per heavy atom. The molecule has 0 bridgehead atoms. The van der Waals surface area contributed by atoms with E-state index in [9.17, 15) is 14.4 Å². The van der Waals surface area contributed by atoms with Gasteiger partial charge >= 0.3 is 0 Å². The molecule has 0 unspecified atom stereocenters. The minimum absolute atomic E-state index is 0.291. The van der Waals surface area contributed by atoms with Gasteiger partial charge in [0.1, 0.15) is 0 Å². The Morgan fingerprint density at radius 3 is 0.938 bits per heavy atom. The maximum atomic E-state index is 11.2. The summed E-state index contributed by atoms with van der Waals surface area (Å²) in [5, 5.41) is 4.68. The van der Waals surface area contributed by atoms with Crippen molar-refractivity contribution in [2.24, 2.45) is 0 Å². The highest BCUT2D eigenvalue weighted by atomic mass is 16.2. The van der Waals surface area contributed by atoms with Gasteiger partial charge in [0.2, 0.25) is 17.7 Å². The molecule has 7 nitrogen and oxygen atoms in total. The van der Waals surface area contributed by atoms with E-state index in [4.69, 9.17) is 0 Å². The first kappa shape index (κ1) is 14.4. The third-order valence-corrected chi connectivity index (χ3v) is 2.17. The standard InChI is InChI=1S/C9H18N4O3/c1-7(14)10(4)13(11(5)8(2)15)12(6)9(3)16/h1-6H3. The van der Waals surface area contributed by atoms with Crippen LogP contribution < -0.4 is 0 Å². The van der Waals surface area contributed by atoms with Gasteiger partial charge in [0, 0.05) is 41.9 Å². The third-order valence-electron chi connectivity index (χ3n) is 2.17. The van der Waals surface area contributed by atoms with Gasteiger partial charge in [-0.2, -0.15) is 0 Å². The zero-order chi connectivity index (χ0) is 13.0. The van der Waals surface area contributed by atoms with E-state index < -0.39 is 0 Å². The highest BCUT2D eigenvalue weighted by Crippen LogP contribution is 2.05. The van der Waals surface area contributed by atoms with Crippen molar-refractivity contribution in [1.82, 2.24) is 20.3 Å². The van der Waals surface area contributed by atoms with Crippen LogP contribution in [0.3, 0.4) is 0 Å². The van der Waals surface area contributed by atoms with Crippen LogP contribution in [0.5, 0.6) is 0 Å². The quantitative estimate of drug-likeness (QED) is 0.611. The van der Waals surface area contributed by atoms with Gasteiger partial charge < -0.3 is 0 Å². The molecule has 0 aromatic rings. The molecule has 16 heavy (non-hydrogen) atoms. The summed E-state index contributed by atoms with van der Waals surface area (Å²) in [4.78, 5) is 33.7. The van der Waals surface area contributed by atoms with Crippen LogP contribution in [0.4, 0.5) is 0 Å². The third kappa shape index (κ3) is 3.20. The lowest BCUT2D eigenvalue weighted by molar-refractivity contribution is -0.257. The average Bonchev–Trinajstić information content (AvgIpc) is 2.16. The van der Waals surface area contributed by atoms with Crippen molar-refractivity contribution in [2.75, 3.05) is 21.1 Å². The first-order valence-corrected chi connectivity index (χ1v) is 4.72. The number of nitrogens with zero attached hydrogens (tertiary/aromatic N) is 4. The van der Waals surface area contributed by atoms with Crippen LogP contribution >= 0.6 is 0 Å². The lowest BCUT2D eigenvalue weighted by Gasteiger charge is -2.41. The molecule has 0 heterocycles. The summed E-state index contributed by atoms with van der Waals surface area (Å²) < 4.78 is 0. The normalized spacial score (nSPS) is 9.94. The fourth-order valence-electron chi connectivity index (χ4n) is 0.982. The molecule has 0 radical (unpaired) electrons. The molecule has 0 N–H and O–H groups in total. The average molecular weight is 230 g/mol. The van der Waals surface area contributed by atoms with Gasteiger partial charge in [0.05, 0.1) is 0 Å². The summed E-state index contributed by atoms with van der Waals surface area (Å²) in [5.74, 6) is -0.872. The van der Waals surface area contributed by atoms with E-state index in [1.165, 1.54) is 62.2 Å². The lowest BCUT2D eigenvalue weighted by atomic mass is 10.6. The fourth-order valence-corrected chi connectivity index (χ4v) is 0.982. The second-order valence-corrected chi connectivity index (χ2v) is 3.40. The maximum Gasteiger partial charge on any atom is 0.236 e. The summed E-state index contributed by atoms with van der Waals surface area (Å²) in [6.45, 7) is 4.03. The summed E-state index contributed by atoms with van der Waals surface area (Å²) in [6.07, 6.45) is 0. The molecule has 0 saturated carbocycles. The van der Waals surface area contributed by atoms with Crippen LogP contribution in [-0.4, -0.2) is 59.1 Å². The molecule has 0 atom stereocenters. The molecule has 0 aliphatic heterocycles. The molecule has 0 fully saturated rings. The highest BCUT2D eigenvalue weighted by molar-refractivity contribution is 5.76. The zero-order valence-corrected chi connectivity index (χ0v) is 10.5. The number of hydrogen-bond donors (Lipinski definition) is 0. The molecule has 0 saturated heterocycles. The van der Waals surface area contributed by atoms with Crippen LogP contribution in [0.2, 0.25) is 0 Å². The van der Waals surface area contributed by atoms with Crippen LogP contribution in [0, 0.1) is 0 Å². The highest BCUT2D eigenvalue weighted by Gasteiger charge is 2.26. The molecule has 3 amide bonds. The number of hydrazine groups is 3. The summed E-state index contributed by atoms with van der Waals surface area (Å²) in [5.41, 5.74) is 0. The minimum atomic E-state index is -0.291. The number of rotatable bonds is 3. The number of carbonyl (C=O) groups excluding carboxylic acids is 3. The minimum Gasteiger partial charge on any atom is -0.274 e. The van der Waals surface area contributed by atoms with E-state index in [0.717, 1.165) is 0 Å². The van der Waals surface area contributed by atoms with Gasteiger partial charge in [-0.3, -0.25) is 14.4 Å². The molecule has 0 aromatic carbocycles. The van der Waals surface area contributed by atoms with Crippen molar-refractivity contribution in [2.45, 2.75) is 20.8 Å². The van der Waals surface area contributed by atoms with Crippen molar-refractivity contribution >= 4 is 17.7 Å². The number of carbonyl (C=O) groups is 3. The Morgan fingerprint density at radius 1 is 0.625 bits per heavy atom. The van der Waals surface area contributed by atoms with Crippen molar-refractivity contribution in [3.63, 3.8) is 0 Å². The van der Waals surface area contributed by atoms with E-state index in [1.54, 1.807) is 0 Å². The number of amides is 3. The van der Waals surface area contributed by atoms with Gasteiger partial charge in [0.15, 0.2) is 0 Å². The van der Waals surface area contributed by atoms with Crippen molar-refractivity contribution in [3.8, 4) is 0 Å². The van der Waals surface area contributed by atoms with Gasteiger partial charge in [-0.05, 0) is 5.23 Å². The van der Waals surface area contributed by atoms with Gasteiger partial charge in [0.25, 0.3) is 0 Å². The largest absolute Gasteiger partial charge is 0.274 e. The number of hydrogen-bond acceptors (Lipinski definition) is 4. The van der Waals surface area contributed by atoms with Crippen LogP contribution in [-0.2, 0) is 14.4 Å². The summed E-state index contributed by atoms with van der Waals surface area (Å²) in [7, 11) is 4.42. The molecular weight excluding hydrogens is 212 g/mol. The Balaban J connectivity index is 5.12. The first-order chi connectivity index (χ1) is 7.20. The van der Waals surface area contributed by atoms with Crippen LogP contribution in [0.1, 0.15) is 20.8 Å². The van der Waals surface area contributed by atoms with Gasteiger partial charge in [-0.15, -0.1) is 0 Å². The monoisotopic (exact) mass is 230 g/mol. The van der Waals surface area contributed by atoms with Crippen LogP contribution in [0.15, 0.2) is 0 Å². The van der Waals surface area contributed by atoms with Gasteiger partial charge in [-0.1, -0.05) is 0 Å². The topological polar surface area (TPSA) is 64.2 Å². The molecule has 7 heteroatoms. The van der Waals surface area contributed by atoms with E-state index in [1.807, 2.05) is 0 Å². The molecule has 0 rings (SSSR count). The maximum absolute atomic E-state index is 11.2.